The first-order valence-electron chi connectivity index (χ1n) is 4.40. The minimum Gasteiger partial charge on any atom is -0.399 e. The van der Waals surface area contributed by atoms with E-state index in [9.17, 15) is 12.7 Å². The fourth-order valence-corrected chi connectivity index (χ4v) is 1.27. The molecule has 8 heteroatoms. The number of alkyl halides is 2. The molecule has 2 rings (SSSR count). The van der Waals surface area contributed by atoms with Gasteiger partial charge in [-0.05, 0) is 24.3 Å². The molecule has 1 aromatic carbocycles. The van der Waals surface area contributed by atoms with Crippen molar-refractivity contribution < 1.29 is 17.2 Å². The fraction of sp³-hybridized carbons (Fsp3) is 0.111. The van der Waals surface area contributed by atoms with Crippen molar-refractivity contribution in [3.8, 4) is 11.4 Å². The lowest BCUT2D eigenvalue weighted by molar-refractivity contribution is 0.0610. The first-order valence-corrected chi connectivity index (χ1v) is 5.12. The Morgan fingerprint density at radius 2 is 1.88 bits per heavy atom. The topological polar surface area (TPSA) is 64.9 Å². The Balaban J connectivity index is 2.33. The summed E-state index contributed by atoms with van der Waals surface area (Å²) in [5, 5.41) is -0.491. The van der Waals surface area contributed by atoms with Crippen molar-refractivity contribution in [3.05, 3.63) is 30.2 Å². The van der Waals surface area contributed by atoms with Gasteiger partial charge >= 0.3 is 11.1 Å². The SMILES string of the molecule is Nc1ccc(-c2noc(C(F)(F)SF)n2)cc1. The van der Waals surface area contributed by atoms with Gasteiger partial charge in [-0.15, -0.1) is 0 Å². The molecule has 0 aliphatic rings. The van der Waals surface area contributed by atoms with Crippen LogP contribution in [0.2, 0.25) is 0 Å². The summed E-state index contributed by atoms with van der Waals surface area (Å²) < 4.78 is 41.9. The number of halogens is 3. The van der Waals surface area contributed by atoms with Crippen molar-refractivity contribution in [2.75, 3.05) is 5.73 Å². The smallest absolute Gasteiger partial charge is 0.399 e. The van der Waals surface area contributed by atoms with Gasteiger partial charge in [0.25, 0.3) is 0 Å². The normalized spacial score (nSPS) is 11.7. The van der Waals surface area contributed by atoms with Crippen molar-refractivity contribution in [3.63, 3.8) is 0 Å². The molecule has 4 nitrogen and oxygen atoms in total. The molecule has 2 N–H and O–H groups in total. The van der Waals surface area contributed by atoms with Gasteiger partial charge in [-0.2, -0.15) is 17.7 Å². The van der Waals surface area contributed by atoms with Crippen LogP contribution in [0.25, 0.3) is 11.4 Å². The van der Waals surface area contributed by atoms with Gasteiger partial charge in [0.15, 0.2) is 0 Å². The molecule has 1 heterocycles. The first-order chi connectivity index (χ1) is 8.03. The van der Waals surface area contributed by atoms with Crippen LogP contribution in [0.3, 0.4) is 0 Å². The lowest BCUT2D eigenvalue weighted by Gasteiger charge is -2.02. The van der Waals surface area contributed by atoms with Crippen molar-refractivity contribution in [1.29, 1.82) is 0 Å². The maximum Gasteiger partial charge on any atom is 0.399 e. The Hall–Kier alpha value is -1.70. The molecule has 17 heavy (non-hydrogen) atoms. The molecule has 1 aromatic heterocycles. The quantitative estimate of drug-likeness (QED) is 0.860. The van der Waals surface area contributed by atoms with Gasteiger partial charge in [0.2, 0.25) is 5.82 Å². The molecule has 0 spiro atoms. The number of rotatable bonds is 3. The molecule has 0 atom stereocenters. The predicted octanol–water partition coefficient (Wildman–Crippen LogP) is 2.99. The van der Waals surface area contributed by atoms with Crippen LogP contribution in [0, 0.1) is 0 Å². The van der Waals surface area contributed by atoms with Crippen LogP contribution in [-0.2, 0) is 5.25 Å². The van der Waals surface area contributed by atoms with Crippen molar-refractivity contribution in [2.45, 2.75) is 5.25 Å². The van der Waals surface area contributed by atoms with Crippen molar-refractivity contribution >= 4 is 17.8 Å². The third kappa shape index (κ3) is 2.36. The average Bonchev–Trinajstić information content (AvgIpc) is 2.80. The lowest BCUT2D eigenvalue weighted by Crippen LogP contribution is -2.06. The number of benzene rings is 1. The summed E-state index contributed by atoms with van der Waals surface area (Å²) in [5.74, 6) is -1.12. The van der Waals surface area contributed by atoms with Gasteiger partial charge in [-0.1, -0.05) is 5.16 Å². The van der Waals surface area contributed by atoms with E-state index >= 15 is 0 Å². The molecule has 90 valence electrons. The van der Waals surface area contributed by atoms with Gasteiger partial charge in [0, 0.05) is 11.3 Å². The summed E-state index contributed by atoms with van der Waals surface area (Å²) in [6.07, 6.45) is 0. The van der Waals surface area contributed by atoms with Crippen LogP contribution in [0.1, 0.15) is 5.89 Å². The molecule has 2 aromatic rings. The second kappa shape index (κ2) is 4.28. The Bertz CT molecular complexity index is 514. The zero-order chi connectivity index (χ0) is 12.5. The molecule has 0 bridgehead atoms. The average molecular weight is 261 g/mol. The van der Waals surface area contributed by atoms with Gasteiger partial charge < -0.3 is 10.3 Å². The number of aromatic nitrogens is 2. The summed E-state index contributed by atoms with van der Waals surface area (Å²) in [7, 11) is 0. The molecule has 0 radical (unpaired) electrons. The monoisotopic (exact) mass is 261 g/mol. The number of hydrogen-bond acceptors (Lipinski definition) is 5. The molecule has 0 unspecified atom stereocenters. The molecular weight excluding hydrogens is 255 g/mol. The van der Waals surface area contributed by atoms with Crippen LogP contribution in [0.5, 0.6) is 0 Å². The van der Waals surface area contributed by atoms with Gasteiger partial charge in [0.1, 0.15) is 12.1 Å². The van der Waals surface area contributed by atoms with E-state index in [1.54, 1.807) is 24.3 Å². The zero-order valence-corrected chi connectivity index (χ0v) is 9.05. The highest BCUT2D eigenvalue weighted by atomic mass is 32.2. The Morgan fingerprint density at radius 1 is 1.24 bits per heavy atom. The second-order valence-electron chi connectivity index (χ2n) is 3.14. The molecule has 0 saturated carbocycles. The van der Waals surface area contributed by atoms with E-state index in [0.717, 1.165) is 0 Å². The van der Waals surface area contributed by atoms with Crippen LogP contribution in [0.15, 0.2) is 28.8 Å². The van der Waals surface area contributed by atoms with Gasteiger partial charge in [-0.25, -0.2) is 0 Å². The number of hydrogen-bond donors (Lipinski definition) is 1. The third-order valence-electron chi connectivity index (χ3n) is 1.94. The molecule has 0 fully saturated rings. The largest absolute Gasteiger partial charge is 0.399 e. The maximum atomic E-state index is 12.8. The standard InChI is InChI=1S/C9H6F3N3OS/c10-9(11,17-12)8-14-7(15-16-8)5-1-3-6(13)4-2-5/h1-4H,13H2. The van der Waals surface area contributed by atoms with Crippen LogP contribution >= 0.6 is 12.1 Å². The minimum absolute atomic E-state index is 0.0475. The molecule has 0 aliphatic carbocycles. The zero-order valence-electron chi connectivity index (χ0n) is 8.23. The van der Waals surface area contributed by atoms with Crippen molar-refractivity contribution in [1.82, 2.24) is 10.1 Å². The van der Waals surface area contributed by atoms with Crippen LogP contribution in [0.4, 0.5) is 18.4 Å². The number of nitrogens with two attached hydrogens (primary N) is 1. The summed E-state index contributed by atoms with van der Waals surface area (Å²) in [6, 6.07) is 6.22. The highest BCUT2D eigenvalue weighted by Crippen LogP contribution is 2.39. The molecule has 0 aliphatic heterocycles. The Labute approximate surface area is 98.3 Å². The number of nitrogen functional groups attached to an aromatic ring is 1. The van der Waals surface area contributed by atoms with E-state index in [2.05, 4.69) is 14.7 Å². The summed E-state index contributed by atoms with van der Waals surface area (Å²) >= 11 is -1.16. The molecular formula is C9H6F3N3OS. The number of anilines is 1. The molecule has 0 amide bonds. The van der Waals surface area contributed by atoms with E-state index in [0.29, 0.717) is 11.3 Å². The van der Waals surface area contributed by atoms with E-state index < -0.39 is 23.3 Å². The Kier molecular flexibility index (Phi) is 2.97. The van der Waals surface area contributed by atoms with Crippen LogP contribution in [-0.4, -0.2) is 10.1 Å². The lowest BCUT2D eigenvalue weighted by atomic mass is 10.2. The second-order valence-corrected chi connectivity index (χ2v) is 3.81. The predicted molar refractivity (Wildman–Crippen MR) is 56.7 cm³/mol. The summed E-state index contributed by atoms with van der Waals surface area (Å²) in [6.45, 7) is 0. The number of nitrogens with zero attached hydrogens (tertiary/aromatic N) is 2. The van der Waals surface area contributed by atoms with E-state index in [1.807, 2.05) is 0 Å². The maximum absolute atomic E-state index is 12.8. The first kappa shape index (κ1) is 11.8. The highest BCUT2D eigenvalue weighted by molar-refractivity contribution is 7.94. The summed E-state index contributed by atoms with van der Waals surface area (Å²) in [4.78, 5) is 3.42. The minimum atomic E-state index is -3.83. The Morgan fingerprint density at radius 3 is 2.47 bits per heavy atom. The molecule has 0 saturated heterocycles. The van der Waals surface area contributed by atoms with E-state index in [1.165, 1.54) is 0 Å². The van der Waals surface area contributed by atoms with E-state index in [4.69, 9.17) is 5.73 Å². The third-order valence-corrected chi connectivity index (χ3v) is 2.31. The highest BCUT2D eigenvalue weighted by Gasteiger charge is 2.40. The van der Waals surface area contributed by atoms with Crippen molar-refractivity contribution in [2.24, 2.45) is 0 Å². The summed E-state index contributed by atoms with van der Waals surface area (Å²) in [5.41, 5.74) is 6.43. The van der Waals surface area contributed by atoms with Gasteiger partial charge in [0.05, 0.1) is 0 Å². The van der Waals surface area contributed by atoms with E-state index in [-0.39, 0.29) is 5.82 Å². The van der Waals surface area contributed by atoms with Gasteiger partial charge in [-0.3, -0.25) is 0 Å². The fourth-order valence-electron chi connectivity index (χ4n) is 1.12. The van der Waals surface area contributed by atoms with Crippen LogP contribution < -0.4 is 5.73 Å².